The van der Waals surface area contributed by atoms with E-state index in [1.165, 1.54) is 0 Å². The molecule has 9 heteroatoms. The van der Waals surface area contributed by atoms with Crippen LogP contribution in [-0.4, -0.2) is 43.8 Å². The summed E-state index contributed by atoms with van der Waals surface area (Å²) in [6.07, 6.45) is 0. The van der Waals surface area contributed by atoms with E-state index in [4.69, 9.17) is 14.6 Å². The molecular weight excluding hydrogens is 428 g/mol. The monoisotopic (exact) mass is 452 g/mol. The summed E-state index contributed by atoms with van der Waals surface area (Å²) in [6.45, 7) is 3.98. The molecule has 0 amide bonds. The van der Waals surface area contributed by atoms with Gasteiger partial charge in [0.05, 0.1) is 36.2 Å². The third kappa shape index (κ3) is 3.92. The van der Waals surface area contributed by atoms with Crippen molar-refractivity contribution in [1.29, 1.82) is 0 Å². The molecular formula is C23H24N4O4S. The highest BCUT2D eigenvalue weighted by molar-refractivity contribution is 7.89. The van der Waals surface area contributed by atoms with Crippen molar-refractivity contribution >= 4 is 15.7 Å². The van der Waals surface area contributed by atoms with Crippen molar-refractivity contribution in [3.05, 3.63) is 60.3 Å². The Balaban J connectivity index is 1.79. The normalized spacial score (nSPS) is 11.6. The van der Waals surface area contributed by atoms with Gasteiger partial charge in [0.1, 0.15) is 0 Å². The third-order valence-electron chi connectivity index (χ3n) is 5.10. The third-order valence-corrected chi connectivity index (χ3v) is 6.66. The van der Waals surface area contributed by atoms with Gasteiger partial charge in [-0.25, -0.2) is 22.6 Å². The molecule has 32 heavy (non-hydrogen) atoms. The highest BCUT2D eigenvalue weighted by Crippen LogP contribution is 2.32. The van der Waals surface area contributed by atoms with Gasteiger partial charge in [-0.3, -0.25) is 0 Å². The first kappa shape index (κ1) is 21.8. The average molecular weight is 453 g/mol. The van der Waals surface area contributed by atoms with Crippen LogP contribution in [0.2, 0.25) is 0 Å². The lowest BCUT2D eigenvalue weighted by Gasteiger charge is -2.10. The van der Waals surface area contributed by atoms with E-state index >= 15 is 0 Å². The van der Waals surface area contributed by atoms with Crippen molar-refractivity contribution in [3.8, 4) is 34.0 Å². The second-order valence-corrected chi connectivity index (χ2v) is 8.90. The van der Waals surface area contributed by atoms with Gasteiger partial charge in [0, 0.05) is 17.7 Å². The number of hydrogen-bond donors (Lipinski definition) is 1. The number of aryl methyl sites for hydroxylation is 1. The number of benzene rings is 2. The summed E-state index contributed by atoms with van der Waals surface area (Å²) < 4.78 is 39.5. The van der Waals surface area contributed by atoms with Crippen molar-refractivity contribution in [2.45, 2.75) is 18.7 Å². The molecule has 0 unspecified atom stereocenters. The topological polar surface area (TPSA) is 94.8 Å². The molecule has 0 aliphatic heterocycles. The van der Waals surface area contributed by atoms with Crippen molar-refractivity contribution in [2.75, 3.05) is 20.8 Å². The second kappa shape index (κ2) is 8.60. The average Bonchev–Trinajstić information content (AvgIpc) is 3.13. The van der Waals surface area contributed by atoms with E-state index in [0.717, 1.165) is 28.2 Å². The number of ether oxygens (including phenoxy) is 2. The minimum atomic E-state index is -3.51. The SMILES string of the molecule is CCNS(=O)(=O)c1ccc(-c2c(C)nc3ccc(-c4ccc(OC)c(OC)c4)nn23)cc1. The fraction of sp³-hybridized carbons (Fsp3) is 0.217. The van der Waals surface area contributed by atoms with Gasteiger partial charge in [-0.05, 0) is 49.4 Å². The van der Waals surface area contributed by atoms with E-state index in [1.54, 1.807) is 49.9 Å². The Labute approximate surface area is 186 Å². The molecule has 0 fully saturated rings. The molecule has 2 aromatic carbocycles. The van der Waals surface area contributed by atoms with Gasteiger partial charge in [0.15, 0.2) is 17.1 Å². The van der Waals surface area contributed by atoms with Crippen LogP contribution in [0.25, 0.3) is 28.2 Å². The van der Waals surface area contributed by atoms with Crippen LogP contribution < -0.4 is 14.2 Å². The number of sulfonamides is 1. The van der Waals surface area contributed by atoms with Gasteiger partial charge in [-0.15, -0.1) is 0 Å². The lowest BCUT2D eigenvalue weighted by molar-refractivity contribution is 0.355. The van der Waals surface area contributed by atoms with E-state index in [9.17, 15) is 8.42 Å². The predicted octanol–water partition coefficient (Wildman–Crippen LogP) is 3.69. The minimum absolute atomic E-state index is 0.216. The van der Waals surface area contributed by atoms with Crippen molar-refractivity contribution < 1.29 is 17.9 Å². The van der Waals surface area contributed by atoms with Crippen LogP contribution >= 0.6 is 0 Å². The van der Waals surface area contributed by atoms with Crippen molar-refractivity contribution in [3.63, 3.8) is 0 Å². The number of rotatable bonds is 7. The minimum Gasteiger partial charge on any atom is -0.493 e. The number of fused-ring (bicyclic) bond motifs is 1. The van der Waals surface area contributed by atoms with Crippen LogP contribution in [0.1, 0.15) is 12.6 Å². The standard InChI is InChI=1S/C23H24N4O4S/c1-5-24-32(28,29)18-9-6-16(7-10-18)23-15(2)25-22-13-11-19(26-27(22)23)17-8-12-20(30-3)21(14-17)31-4/h6-14,24H,5H2,1-4H3. The van der Waals surface area contributed by atoms with Crippen LogP contribution in [0.15, 0.2) is 59.5 Å². The number of nitrogens with zero attached hydrogens (tertiary/aromatic N) is 3. The molecule has 0 bridgehead atoms. The highest BCUT2D eigenvalue weighted by Gasteiger charge is 2.17. The Morgan fingerprint density at radius 2 is 1.62 bits per heavy atom. The number of methoxy groups -OCH3 is 2. The molecule has 2 heterocycles. The summed E-state index contributed by atoms with van der Waals surface area (Å²) in [5.74, 6) is 1.26. The Morgan fingerprint density at radius 1 is 0.938 bits per heavy atom. The smallest absolute Gasteiger partial charge is 0.240 e. The maximum absolute atomic E-state index is 12.2. The molecule has 166 valence electrons. The van der Waals surface area contributed by atoms with E-state index in [1.807, 2.05) is 37.3 Å². The van der Waals surface area contributed by atoms with Crippen LogP contribution in [0.5, 0.6) is 11.5 Å². The largest absolute Gasteiger partial charge is 0.493 e. The van der Waals surface area contributed by atoms with Crippen LogP contribution in [0, 0.1) is 6.92 Å². The van der Waals surface area contributed by atoms with Gasteiger partial charge in [0.25, 0.3) is 0 Å². The van der Waals surface area contributed by atoms with Gasteiger partial charge >= 0.3 is 0 Å². The molecule has 0 radical (unpaired) electrons. The maximum Gasteiger partial charge on any atom is 0.240 e. The quantitative estimate of drug-likeness (QED) is 0.460. The van der Waals surface area contributed by atoms with Gasteiger partial charge in [-0.1, -0.05) is 19.1 Å². The molecule has 0 aliphatic rings. The zero-order chi connectivity index (χ0) is 22.9. The van der Waals surface area contributed by atoms with Crippen LogP contribution in [-0.2, 0) is 10.0 Å². The molecule has 1 N–H and O–H groups in total. The van der Waals surface area contributed by atoms with Crippen molar-refractivity contribution in [1.82, 2.24) is 19.3 Å². The lowest BCUT2D eigenvalue weighted by atomic mass is 10.1. The van der Waals surface area contributed by atoms with E-state index in [2.05, 4.69) is 9.71 Å². The molecule has 0 saturated heterocycles. The van der Waals surface area contributed by atoms with E-state index in [0.29, 0.717) is 23.7 Å². The predicted molar refractivity (Wildman–Crippen MR) is 123 cm³/mol. The Bertz CT molecular complexity index is 1380. The van der Waals surface area contributed by atoms with Gasteiger partial charge in [-0.2, -0.15) is 5.10 Å². The first-order valence-corrected chi connectivity index (χ1v) is 11.5. The maximum atomic E-state index is 12.2. The summed E-state index contributed by atoms with van der Waals surface area (Å²) in [6, 6.07) is 16.1. The fourth-order valence-electron chi connectivity index (χ4n) is 3.59. The van der Waals surface area contributed by atoms with Gasteiger partial charge in [0.2, 0.25) is 10.0 Å². The Hall–Kier alpha value is -3.43. The summed E-state index contributed by atoms with van der Waals surface area (Å²) in [5.41, 5.74) is 4.73. The number of aromatic nitrogens is 3. The Morgan fingerprint density at radius 3 is 2.28 bits per heavy atom. The molecule has 0 saturated carbocycles. The molecule has 0 atom stereocenters. The first-order chi connectivity index (χ1) is 15.4. The Kier molecular flexibility index (Phi) is 5.86. The van der Waals surface area contributed by atoms with Crippen LogP contribution in [0.4, 0.5) is 0 Å². The number of nitrogens with one attached hydrogen (secondary N) is 1. The number of imidazole rings is 1. The zero-order valence-electron chi connectivity index (χ0n) is 18.3. The molecule has 0 spiro atoms. The summed E-state index contributed by atoms with van der Waals surface area (Å²) in [4.78, 5) is 4.83. The number of hydrogen-bond acceptors (Lipinski definition) is 6. The van der Waals surface area contributed by atoms with Gasteiger partial charge < -0.3 is 9.47 Å². The fourth-order valence-corrected chi connectivity index (χ4v) is 4.63. The van der Waals surface area contributed by atoms with Crippen LogP contribution in [0.3, 0.4) is 0 Å². The van der Waals surface area contributed by atoms with Crippen molar-refractivity contribution in [2.24, 2.45) is 0 Å². The molecule has 8 nitrogen and oxygen atoms in total. The van der Waals surface area contributed by atoms with E-state index < -0.39 is 10.0 Å². The molecule has 4 aromatic rings. The summed E-state index contributed by atoms with van der Waals surface area (Å²) >= 11 is 0. The molecule has 2 aromatic heterocycles. The zero-order valence-corrected chi connectivity index (χ0v) is 19.1. The summed E-state index contributed by atoms with van der Waals surface area (Å²) in [7, 11) is -0.327. The second-order valence-electron chi connectivity index (χ2n) is 7.13. The molecule has 4 rings (SSSR count). The first-order valence-electron chi connectivity index (χ1n) is 10.1. The summed E-state index contributed by atoms with van der Waals surface area (Å²) in [5, 5.41) is 4.80. The molecule has 0 aliphatic carbocycles. The van der Waals surface area contributed by atoms with E-state index in [-0.39, 0.29) is 4.90 Å². The lowest BCUT2D eigenvalue weighted by Crippen LogP contribution is -2.22. The highest BCUT2D eigenvalue weighted by atomic mass is 32.2.